The summed E-state index contributed by atoms with van der Waals surface area (Å²) in [5.41, 5.74) is 33.7. The smallest absolute Gasteiger partial charge is 0.252 e. The number of piperidine rings is 2. The molecule has 13 aromatic rings. The van der Waals surface area contributed by atoms with E-state index in [4.69, 9.17) is 0 Å². The number of benzene rings is 13. The average molecular weight is 1280 g/mol. The van der Waals surface area contributed by atoms with E-state index in [9.17, 15) is 0 Å². The van der Waals surface area contributed by atoms with Gasteiger partial charge in [0, 0.05) is 62.8 Å². The number of nitrogens with zero attached hydrogens (tertiary/aromatic N) is 3. The largest absolute Gasteiger partial charge is 0.365 e. The molecule has 480 valence electrons. The van der Waals surface area contributed by atoms with Crippen molar-refractivity contribution in [1.82, 2.24) is 0 Å². The van der Waals surface area contributed by atoms with Crippen molar-refractivity contribution in [2.45, 2.75) is 96.6 Å². The molecule has 4 heteroatoms. The zero-order valence-corrected chi connectivity index (χ0v) is 57.6. The van der Waals surface area contributed by atoms with Gasteiger partial charge in [-0.05, 0) is 204 Å². The fourth-order valence-corrected chi connectivity index (χ4v) is 18.0. The number of fused-ring (bicyclic) bond motifs is 4. The van der Waals surface area contributed by atoms with Crippen molar-refractivity contribution >= 4 is 62.9 Å². The van der Waals surface area contributed by atoms with Gasteiger partial charge in [0.2, 0.25) is 0 Å². The fourth-order valence-electron chi connectivity index (χ4n) is 18.0. The van der Waals surface area contributed by atoms with E-state index in [1.165, 1.54) is 149 Å². The van der Waals surface area contributed by atoms with Crippen LogP contribution >= 0.6 is 0 Å². The molecule has 2 saturated heterocycles. The highest BCUT2D eigenvalue weighted by molar-refractivity contribution is 7.00. The summed E-state index contributed by atoms with van der Waals surface area (Å²) >= 11 is 0. The topological polar surface area (TPSA) is 9.72 Å². The van der Waals surface area contributed by atoms with Gasteiger partial charge < -0.3 is 14.7 Å². The van der Waals surface area contributed by atoms with Crippen molar-refractivity contribution in [3.63, 3.8) is 0 Å². The highest BCUT2D eigenvalue weighted by Crippen LogP contribution is 2.57. The normalized spacial score (nSPS) is 17.3. The third kappa shape index (κ3) is 10.7. The third-order valence-electron chi connectivity index (χ3n) is 22.6. The second kappa shape index (κ2) is 24.1. The minimum Gasteiger partial charge on any atom is -0.365 e. The van der Waals surface area contributed by atoms with E-state index >= 15 is 0 Å². The maximum atomic E-state index is 2.92. The van der Waals surface area contributed by atoms with Gasteiger partial charge >= 0.3 is 0 Å². The Kier molecular flexibility index (Phi) is 14.8. The minimum absolute atomic E-state index is 0.0118. The van der Waals surface area contributed by atoms with Crippen LogP contribution in [-0.4, -0.2) is 18.8 Å². The quantitative estimate of drug-likeness (QED) is 0.120. The summed E-state index contributed by atoms with van der Waals surface area (Å²) in [7, 11) is 0. The Balaban J connectivity index is 1.01. The summed E-state index contributed by atoms with van der Waals surface area (Å²) in [5.74, 6) is 1.65. The molecular formula is C95H82BN3. The summed E-state index contributed by atoms with van der Waals surface area (Å²) in [6.45, 7) is 13.7. The van der Waals surface area contributed by atoms with E-state index in [-0.39, 0.29) is 17.5 Å². The van der Waals surface area contributed by atoms with E-state index in [1.54, 1.807) is 0 Å². The first-order chi connectivity index (χ1) is 48.3. The van der Waals surface area contributed by atoms with Gasteiger partial charge in [-0.3, -0.25) is 0 Å². The molecule has 0 spiro atoms. The van der Waals surface area contributed by atoms with Gasteiger partial charge in [-0.2, -0.15) is 0 Å². The van der Waals surface area contributed by atoms with Gasteiger partial charge in [0.05, 0.1) is 11.4 Å². The van der Waals surface area contributed by atoms with Gasteiger partial charge in [-0.1, -0.05) is 290 Å². The Labute approximate surface area is 585 Å². The summed E-state index contributed by atoms with van der Waals surface area (Å²) in [6, 6.07) is 117. The highest BCUT2D eigenvalue weighted by Gasteiger charge is 2.49. The van der Waals surface area contributed by atoms with Crippen molar-refractivity contribution in [3.8, 4) is 89.0 Å². The molecule has 0 atom stereocenters. The van der Waals surface area contributed by atoms with Crippen molar-refractivity contribution in [2.24, 2.45) is 11.8 Å². The fraction of sp³-hybridized carbons (Fsp3) is 0.179. The zero-order valence-electron chi connectivity index (χ0n) is 57.6. The Bertz CT molecular complexity index is 5040. The Morgan fingerprint density at radius 3 is 1.01 bits per heavy atom. The molecule has 13 aromatic carbocycles. The van der Waals surface area contributed by atoms with E-state index in [0.717, 1.165) is 51.0 Å². The van der Waals surface area contributed by atoms with E-state index in [0.29, 0.717) is 12.1 Å². The Morgan fingerprint density at radius 2 is 0.616 bits per heavy atom. The molecule has 4 aliphatic heterocycles. The minimum atomic E-state index is -0.186. The van der Waals surface area contributed by atoms with E-state index < -0.39 is 0 Å². The lowest BCUT2D eigenvalue weighted by Crippen LogP contribution is -2.62. The Hall–Kier alpha value is -10.7. The maximum Gasteiger partial charge on any atom is 0.252 e. The van der Waals surface area contributed by atoms with E-state index in [2.05, 4.69) is 360 Å². The standard InChI is InChI=1S/C95H82BN3/c1-94(2,3)76-42-37-66(38-43-76)72-41-48-87-86(58-72)96-85-47-46-78(97-79-50-62-49-63(52-79)53-80(97)51-62)61-88(85)99(93-83(70-33-21-11-22-34-70)56-74(65-27-15-8-16-28-65)57-84(93)71-35-23-12-24-36-71)90-60-75(67-39-44-77(45-40-67)95(4,5)6)59-89(91(90)96)98(87)92-81(68-29-17-9-18-30-68)54-73(64-25-13-7-14-26-64)55-82(92)69-31-19-10-20-32-69/h7-48,54-63,79-80H,49-53H2,1-6H3. The molecule has 6 aliphatic rings. The SMILES string of the molecule is CC(C)(C)c1ccc(-c2ccc3c(c2)B2c4ccc(N5C6CC7CC(C6)CC5C7)cc4N(c4c(-c5ccccc5)cc(-c5ccccc5)cc4-c4ccccc4)c4cc(-c5ccc(C(C)(C)C)cc5)cc(c42)N3c2c(-c3ccccc3)cc(-c3ccccc3)cc2-c2ccccc2)cc1. The molecule has 0 N–H and O–H groups in total. The second-order valence-electron chi connectivity index (χ2n) is 30.9. The van der Waals surface area contributed by atoms with Crippen molar-refractivity contribution in [1.29, 1.82) is 0 Å². The first kappa shape index (κ1) is 60.7. The van der Waals surface area contributed by atoms with Crippen molar-refractivity contribution in [3.05, 3.63) is 314 Å². The summed E-state index contributed by atoms with van der Waals surface area (Å²) < 4.78 is 0. The molecule has 4 bridgehead atoms. The molecule has 3 nitrogen and oxygen atoms in total. The van der Waals surface area contributed by atoms with Gasteiger partial charge in [0.1, 0.15) is 0 Å². The van der Waals surface area contributed by atoms with Crippen LogP contribution in [0.4, 0.5) is 39.8 Å². The number of hydrogen-bond acceptors (Lipinski definition) is 3. The van der Waals surface area contributed by atoms with Crippen LogP contribution in [0.3, 0.4) is 0 Å². The van der Waals surface area contributed by atoms with Crippen LogP contribution in [0.2, 0.25) is 0 Å². The first-order valence-electron chi connectivity index (χ1n) is 36.1. The summed E-state index contributed by atoms with van der Waals surface area (Å²) in [6.07, 6.45) is 6.52. The third-order valence-corrected chi connectivity index (χ3v) is 22.6. The lowest BCUT2D eigenvalue weighted by molar-refractivity contribution is 0.0900. The van der Waals surface area contributed by atoms with Gasteiger partial charge in [-0.15, -0.1) is 0 Å². The molecule has 0 amide bonds. The predicted molar refractivity (Wildman–Crippen MR) is 421 cm³/mol. The van der Waals surface area contributed by atoms with Gasteiger partial charge in [-0.25, -0.2) is 0 Å². The van der Waals surface area contributed by atoms with E-state index in [1.807, 2.05) is 0 Å². The van der Waals surface area contributed by atoms with Crippen LogP contribution in [-0.2, 0) is 10.8 Å². The number of anilines is 7. The average Bonchev–Trinajstić information content (AvgIpc) is 0.686. The maximum absolute atomic E-state index is 2.92. The number of hydrogen-bond donors (Lipinski definition) is 0. The Morgan fingerprint density at radius 1 is 0.273 bits per heavy atom. The highest BCUT2D eigenvalue weighted by atomic mass is 15.2. The monoisotopic (exact) mass is 1280 g/mol. The molecule has 0 aromatic heterocycles. The molecule has 99 heavy (non-hydrogen) atoms. The molecular weight excluding hydrogens is 1190 g/mol. The molecule has 4 fully saturated rings. The molecule has 2 saturated carbocycles. The van der Waals surface area contributed by atoms with Crippen LogP contribution in [0, 0.1) is 11.8 Å². The van der Waals surface area contributed by atoms with Crippen LogP contribution in [0.15, 0.2) is 303 Å². The van der Waals surface area contributed by atoms with Crippen LogP contribution in [0.25, 0.3) is 89.0 Å². The molecule has 0 radical (unpaired) electrons. The van der Waals surface area contributed by atoms with Crippen LogP contribution < -0.4 is 31.1 Å². The molecule has 4 heterocycles. The molecule has 2 aliphatic carbocycles. The predicted octanol–water partition coefficient (Wildman–Crippen LogP) is 23.5. The number of rotatable bonds is 11. The van der Waals surface area contributed by atoms with Crippen LogP contribution in [0.1, 0.15) is 84.8 Å². The van der Waals surface area contributed by atoms with Gasteiger partial charge in [0.25, 0.3) is 6.71 Å². The lowest BCUT2D eigenvalue weighted by atomic mass is 9.33. The first-order valence-corrected chi connectivity index (χ1v) is 36.1. The molecule has 19 rings (SSSR count). The zero-order chi connectivity index (χ0) is 66.7. The lowest BCUT2D eigenvalue weighted by Gasteiger charge is -2.57. The van der Waals surface area contributed by atoms with Crippen molar-refractivity contribution < 1.29 is 0 Å². The van der Waals surface area contributed by atoms with Crippen LogP contribution in [0.5, 0.6) is 0 Å². The van der Waals surface area contributed by atoms with Gasteiger partial charge in [0.15, 0.2) is 0 Å². The van der Waals surface area contributed by atoms with Crippen molar-refractivity contribution in [2.75, 3.05) is 14.7 Å². The molecule has 0 unspecified atom stereocenters. The second-order valence-corrected chi connectivity index (χ2v) is 30.9. The summed E-state index contributed by atoms with van der Waals surface area (Å²) in [5, 5.41) is 0. The summed E-state index contributed by atoms with van der Waals surface area (Å²) in [4.78, 5) is 8.42.